The van der Waals surface area contributed by atoms with E-state index in [4.69, 9.17) is 4.74 Å². The first-order chi connectivity index (χ1) is 12.2. The van der Waals surface area contributed by atoms with Crippen molar-refractivity contribution in [2.24, 2.45) is 0 Å². The van der Waals surface area contributed by atoms with Gasteiger partial charge in [-0.05, 0) is 41.5 Å². The van der Waals surface area contributed by atoms with Gasteiger partial charge in [-0.2, -0.15) is 0 Å². The summed E-state index contributed by atoms with van der Waals surface area (Å²) in [7, 11) is 0. The number of hydrogen-bond donors (Lipinski definition) is 1. The molecule has 4 nitrogen and oxygen atoms in total. The Hall–Kier alpha value is -2.92. The molecule has 0 radical (unpaired) electrons. The molecule has 1 aromatic heterocycles. The van der Waals surface area contributed by atoms with Crippen LogP contribution in [0.3, 0.4) is 0 Å². The molecule has 0 saturated carbocycles. The average molecular weight is 351 g/mol. The molecule has 0 saturated heterocycles. The van der Waals surface area contributed by atoms with E-state index < -0.39 is 5.97 Å². The lowest BCUT2D eigenvalue weighted by molar-refractivity contribution is -0.135. The van der Waals surface area contributed by atoms with Crippen LogP contribution in [0.15, 0.2) is 61.2 Å². The SMILES string of the molecule is C=CCOc1ccc(C=C(CC(=O)O)c2nc3ccccc3s2)cc1. The van der Waals surface area contributed by atoms with Gasteiger partial charge < -0.3 is 9.84 Å². The van der Waals surface area contributed by atoms with E-state index in [2.05, 4.69) is 11.6 Å². The molecule has 25 heavy (non-hydrogen) atoms. The van der Waals surface area contributed by atoms with E-state index >= 15 is 0 Å². The molecule has 3 aromatic rings. The van der Waals surface area contributed by atoms with Gasteiger partial charge in [-0.25, -0.2) is 4.98 Å². The molecule has 0 amide bonds. The number of rotatable bonds is 7. The van der Waals surface area contributed by atoms with Gasteiger partial charge in [0.2, 0.25) is 0 Å². The van der Waals surface area contributed by atoms with Crippen LogP contribution in [0.4, 0.5) is 0 Å². The first-order valence-electron chi connectivity index (χ1n) is 7.78. The van der Waals surface area contributed by atoms with Gasteiger partial charge in [-0.15, -0.1) is 11.3 Å². The molecule has 126 valence electrons. The fourth-order valence-electron chi connectivity index (χ4n) is 2.38. The highest BCUT2D eigenvalue weighted by atomic mass is 32.1. The summed E-state index contributed by atoms with van der Waals surface area (Å²) >= 11 is 1.50. The molecule has 0 fully saturated rings. The van der Waals surface area contributed by atoms with E-state index in [0.29, 0.717) is 12.2 Å². The molecule has 2 aromatic carbocycles. The van der Waals surface area contributed by atoms with Gasteiger partial charge in [0.15, 0.2) is 0 Å². The molecular formula is C20H17NO3S. The molecule has 5 heteroatoms. The molecule has 0 spiro atoms. The van der Waals surface area contributed by atoms with Crippen LogP contribution < -0.4 is 4.74 Å². The van der Waals surface area contributed by atoms with Crippen molar-refractivity contribution in [3.8, 4) is 5.75 Å². The smallest absolute Gasteiger partial charge is 0.307 e. The lowest BCUT2D eigenvalue weighted by Gasteiger charge is -2.04. The summed E-state index contributed by atoms with van der Waals surface area (Å²) in [4.78, 5) is 15.8. The summed E-state index contributed by atoms with van der Waals surface area (Å²) < 4.78 is 6.50. The summed E-state index contributed by atoms with van der Waals surface area (Å²) in [5.41, 5.74) is 2.47. The van der Waals surface area contributed by atoms with Crippen molar-refractivity contribution in [1.29, 1.82) is 0 Å². The summed E-state index contributed by atoms with van der Waals surface area (Å²) in [6, 6.07) is 15.3. The number of carboxylic acid groups (broad SMARTS) is 1. The summed E-state index contributed by atoms with van der Waals surface area (Å²) in [6.45, 7) is 4.07. The van der Waals surface area contributed by atoms with Crippen molar-refractivity contribution in [3.05, 3.63) is 71.8 Å². The van der Waals surface area contributed by atoms with Crippen LogP contribution in [0.5, 0.6) is 5.75 Å². The van der Waals surface area contributed by atoms with Gasteiger partial charge in [0.05, 0.1) is 16.6 Å². The third-order valence-electron chi connectivity index (χ3n) is 3.50. The summed E-state index contributed by atoms with van der Waals surface area (Å²) in [6.07, 6.45) is 3.48. The number of nitrogens with zero attached hydrogens (tertiary/aromatic N) is 1. The van der Waals surface area contributed by atoms with Crippen LogP contribution in [0.2, 0.25) is 0 Å². The van der Waals surface area contributed by atoms with Gasteiger partial charge >= 0.3 is 5.97 Å². The second-order valence-electron chi connectivity index (χ2n) is 5.40. The molecule has 1 heterocycles. The Bertz CT molecular complexity index is 893. The minimum Gasteiger partial charge on any atom is -0.490 e. The van der Waals surface area contributed by atoms with Gasteiger partial charge in [-0.3, -0.25) is 4.79 Å². The van der Waals surface area contributed by atoms with Crippen molar-refractivity contribution < 1.29 is 14.6 Å². The predicted octanol–water partition coefficient (Wildman–Crippen LogP) is 4.88. The topological polar surface area (TPSA) is 59.4 Å². The molecule has 1 N–H and O–H groups in total. The van der Waals surface area contributed by atoms with Crippen LogP contribution in [-0.4, -0.2) is 22.7 Å². The van der Waals surface area contributed by atoms with Crippen LogP contribution in [0.1, 0.15) is 17.0 Å². The lowest BCUT2D eigenvalue weighted by Crippen LogP contribution is -1.97. The number of aromatic nitrogens is 1. The van der Waals surface area contributed by atoms with Crippen LogP contribution in [0.25, 0.3) is 21.9 Å². The molecular weight excluding hydrogens is 334 g/mol. The Morgan fingerprint density at radius 2 is 1.96 bits per heavy atom. The second kappa shape index (κ2) is 7.77. The number of hydrogen-bond acceptors (Lipinski definition) is 4. The predicted molar refractivity (Wildman–Crippen MR) is 102 cm³/mol. The van der Waals surface area contributed by atoms with Crippen molar-refractivity contribution >= 4 is 39.2 Å². The molecule has 0 aliphatic heterocycles. The number of benzene rings is 2. The molecule has 0 unspecified atom stereocenters. The minimum atomic E-state index is -0.878. The quantitative estimate of drug-likeness (QED) is 0.617. The van der Waals surface area contributed by atoms with Crippen molar-refractivity contribution in [2.75, 3.05) is 6.61 Å². The fourth-order valence-corrected chi connectivity index (χ4v) is 3.36. The number of carboxylic acids is 1. The summed E-state index contributed by atoms with van der Waals surface area (Å²) in [5, 5.41) is 9.98. The van der Waals surface area contributed by atoms with Crippen molar-refractivity contribution in [2.45, 2.75) is 6.42 Å². The van der Waals surface area contributed by atoms with Crippen molar-refractivity contribution in [3.63, 3.8) is 0 Å². The zero-order valence-electron chi connectivity index (χ0n) is 13.5. The zero-order valence-corrected chi connectivity index (χ0v) is 14.3. The highest BCUT2D eigenvalue weighted by molar-refractivity contribution is 7.19. The zero-order chi connectivity index (χ0) is 17.6. The Labute approximate surface area is 149 Å². The number of aliphatic carboxylic acids is 1. The minimum absolute atomic E-state index is 0.0749. The first-order valence-corrected chi connectivity index (χ1v) is 8.59. The maximum atomic E-state index is 11.3. The Morgan fingerprint density at radius 1 is 1.20 bits per heavy atom. The maximum Gasteiger partial charge on any atom is 0.307 e. The third-order valence-corrected chi connectivity index (χ3v) is 4.61. The number of para-hydroxylation sites is 1. The van der Waals surface area contributed by atoms with E-state index in [0.717, 1.165) is 26.5 Å². The highest BCUT2D eigenvalue weighted by Gasteiger charge is 2.12. The third kappa shape index (κ3) is 4.33. The highest BCUT2D eigenvalue weighted by Crippen LogP contribution is 2.30. The fraction of sp³-hybridized carbons (Fsp3) is 0.100. The summed E-state index contributed by atoms with van der Waals surface area (Å²) in [5.74, 6) is -0.131. The van der Waals surface area contributed by atoms with Crippen LogP contribution in [-0.2, 0) is 4.79 Å². The Morgan fingerprint density at radius 3 is 2.64 bits per heavy atom. The number of thiazole rings is 1. The van der Waals surface area contributed by atoms with Gasteiger partial charge in [0, 0.05) is 0 Å². The van der Waals surface area contributed by atoms with E-state index in [-0.39, 0.29) is 6.42 Å². The molecule has 0 atom stereocenters. The Kier molecular flexibility index (Phi) is 5.26. The van der Waals surface area contributed by atoms with Crippen molar-refractivity contribution in [1.82, 2.24) is 4.98 Å². The number of carbonyl (C=O) groups is 1. The number of fused-ring (bicyclic) bond motifs is 1. The van der Waals surface area contributed by atoms with E-state index in [1.807, 2.05) is 54.6 Å². The monoisotopic (exact) mass is 351 g/mol. The molecule has 0 aliphatic carbocycles. The average Bonchev–Trinajstić information content (AvgIpc) is 3.04. The first kappa shape index (κ1) is 16.9. The largest absolute Gasteiger partial charge is 0.490 e. The number of ether oxygens (including phenoxy) is 1. The standard InChI is InChI=1S/C20H17NO3S/c1-2-11-24-16-9-7-14(8-10-16)12-15(13-19(22)23)20-21-17-5-3-4-6-18(17)25-20/h2-10,12H,1,11,13H2,(H,22,23). The lowest BCUT2D eigenvalue weighted by atomic mass is 10.1. The van der Waals surface area contributed by atoms with Crippen LogP contribution >= 0.6 is 11.3 Å². The Balaban J connectivity index is 1.93. The van der Waals surface area contributed by atoms with Gasteiger partial charge in [-0.1, -0.05) is 36.9 Å². The van der Waals surface area contributed by atoms with E-state index in [9.17, 15) is 9.90 Å². The normalized spacial score (nSPS) is 11.4. The molecule has 3 rings (SSSR count). The maximum absolute atomic E-state index is 11.3. The van der Waals surface area contributed by atoms with E-state index in [1.165, 1.54) is 11.3 Å². The molecule has 0 aliphatic rings. The molecule has 0 bridgehead atoms. The second-order valence-corrected chi connectivity index (χ2v) is 6.43. The van der Waals surface area contributed by atoms with E-state index in [1.54, 1.807) is 6.08 Å². The van der Waals surface area contributed by atoms with Crippen LogP contribution in [0, 0.1) is 0 Å². The van der Waals surface area contributed by atoms with Gasteiger partial charge in [0.1, 0.15) is 17.4 Å². The van der Waals surface area contributed by atoms with Gasteiger partial charge in [0.25, 0.3) is 0 Å².